The second-order valence-corrected chi connectivity index (χ2v) is 6.05. The Kier molecular flexibility index (Phi) is 4.58. The Morgan fingerprint density at radius 2 is 1.90 bits per heavy atom. The van der Waals surface area contributed by atoms with Crippen LogP contribution in [0.25, 0.3) is 0 Å². The van der Waals surface area contributed by atoms with Crippen molar-refractivity contribution >= 4 is 21.8 Å². The van der Waals surface area contributed by atoms with E-state index in [1.807, 2.05) is 0 Å². The summed E-state index contributed by atoms with van der Waals surface area (Å²) in [6.45, 7) is 2.07. The van der Waals surface area contributed by atoms with Crippen molar-refractivity contribution in [2.75, 3.05) is 37.9 Å². The van der Waals surface area contributed by atoms with E-state index in [2.05, 4.69) is 15.4 Å². The Hall–Kier alpha value is -1.64. The number of benzene rings is 1. The number of nitrogens with one attached hydrogen (secondary N) is 3. The zero-order chi connectivity index (χ0) is 14.6. The maximum Gasteiger partial charge on any atom is 0.301 e. The molecule has 0 aromatic heterocycles. The third-order valence-electron chi connectivity index (χ3n) is 3.05. The molecule has 110 valence electrons. The van der Waals surface area contributed by atoms with Gasteiger partial charge in [-0.25, -0.2) is 0 Å². The molecular weight excluding hydrogens is 280 g/mol. The monoisotopic (exact) mass is 298 g/mol. The first-order chi connectivity index (χ1) is 9.54. The highest BCUT2D eigenvalue weighted by Crippen LogP contribution is 2.18. The van der Waals surface area contributed by atoms with Gasteiger partial charge < -0.3 is 10.6 Å². The molecule has 0 saturated carbocycles. The number of amides is 1. The molecule has 3 N–H and O–H groups in total. The highest BCUT2D eigenvalue weighted by atomic mass is 32.2. The van der Waals surface area contributed by atoms with Crippen LogP contribution in [0.3, 0.4) is 0 Å². The van der Waals surface area contributed by atoms with Crippen LogP contribution in [0.15, 0.2) is 24.3 Å². The lowest BCUT2D eigenvalue weighted by atomic mass is 10.2. The van der Waals surface area contributed by atoms with Crippen molar-refractivity contribution in [2.45, 2.75) is 0 Å². The summed E-state index contributed by atoms with van der Waals surface area (Å²) in [5.74, 6) is -0.330. The molecule has 1 aliphatic heterocycles. The van der Waals surface area contributed by atoms with Crippen molar-refractivity contribution in [3.05, 3.63) is 29.8 Å². The SMILES string of the molecule is CNC(=O)c1ccccc1NS(=O)(=O)N1CCNCC1. The predicted octanol–water partition coefficient (Wildman–Crippen LogP) is -0.392. The van der Waals surface area contributed by atoms with Gasteiger partial charge in [0.15, 0.2) is 0 Å². The number of carbonyl (C=O) groups excluding carboxylic acids is 1. The number of hydrogen-bond acceptors (Lipinski definition) is 4. The molecule has 1 heterocycles. The maximum atomic E-state index is 12.3. The molecule has 1 aromatic carbocycles. The molecule has 1 amide bonds. The van der Waals surface area contributed by atoms with Crippen LogP contribution in [-0.4, -0.2) is 51.9 Å². The zero-order valence-corrected chi connectivity index (χ0v) is 12.0. The molecule has 20 heavy (non-hydrogen) atoms. The molecule has 7 nitrogen and oxygen atoms in total. The number of carbonyl (C=O) groups is 1. The van der Waals surface area contributed by atoms with E-state index in [9.17, 15) is 13.2 Å². The van der Waals surface area contributed by atoms with Gasteiger partial charge in [0.1, 0.15) is 0 Å². The summed E-state index contributed by atoms with van der Waals surface area (Å²) in [7, 11) is -2.13. The van der Waals surface area contributed by atoms with Gasteiger partial charge in [0.25, 0.3) is 5.91 Å². The minimum absolute atomic E-state index is 0.283. The van der Waals surface area contributed by atoms with Gasteiger partial charge in [0.2, 0.25) is 0 Å². The predicted molar refractivity (Wildman–Crippen MR) is 76.8 cm³/mol. The van der Waals surface area contributed by atoms with E-state index in [1.54, 1.807) is 24.3 Å². The lowest BCUT2D eigenvalue weighted by molar-refractivity contribution is 0.0964. The van der Waals surface area contributed by atoms with Crippen molar-refractivity contribution in [1.29, 1.82) is 0 Å². The van der Waals surface area contributed by atoms with Gasteiger partial charge in [0, 0.05) is 33.2 Å². The topological polar surface area (TPSA) is 90.5 Å². The number of nitrogens with zero attached hydrogens (tertiary/aromatic N) is 1. The van der Waals surface area contributed by atoms with Crippen LogP contribution in [-0.2, 0) is 10.2 Å². The fourth-order valence-corrected chi connectivity index (χ4v) is 3.24. The fraction of sp³-hybridized carbons (Fsp3) is 0.417. The molecule has 0 aliphatic carbocycles. The minimum Gasteiger partial charge on any atom is -0.355 e. The largest absolute Gasteiger partial charge is 0.355 e. The maximum absolute atomic E-state index is 12.3. The van der Waals surface area contributed by atoms with Gasteiger partial charge in [-0.15, -0.1) is 0 Å². The summed E-state index contributed by atoms with van der Waals surface area (Å²) in [5.41, 5.74) is 0.582. The highest BCUT2D eigenvalue weighted by molar-refractivity contribution is 7.90. The smallest absolute Gasteiger partial charge is 0.301 e. The van der Waals surface area contributed by atoms with Crippen molar-refractivity contribution < 1.29 is 13.2 Å². The van der Waals surface area contributed by atoms with Crippen molar-refractivity contribution in [2.24, 2.45) is 0 Å². The zero-order valence-electron chi connectivity index (χ0n) is 11.2. The number of rotatable bonds is 4. The van der Waals surface area contributed by atoms with Crippen LogP contribution < -0.4 is 15.4 Å². The van der Waals surface area contributed by atoms with E-state index < -0.39 is 10.2 Å². The average Bonchev–Trinajstić information content (AvgIpc) is 2.47. The summed E-state index contributed by atoms with van der Waals surface area (Å²) >= 11 is 0. The lowest BCUT2D eigenvalue weighted by Crippen LogP contribution is -2.48. The van der Waals surface area contributed by atoms with Crippen molar-refractivity contribution in [3.8, 4) is 0 Å². The molecular formula is C12H18N4O3S. The number of hydrogen-bond donors (Lipinski definition) is 3. The molecule has 1 aliphatic rings. The second kappa shape index (κ2) is 6.21. The minimum atomic E-state index is -3.64. The Bertz CT molecular complexity index is 582. The summed E-state index contributed by atoms with van der Waals surface area (Å²) < 4.78 is 28.4. The molecule has 1 saturated heterocycles. The summed E-state index contributed by atoms with van der Waals surface area (Å²) in [5, 5.41) is 5.58. The molecule has 0 unspecified atom stereocenters. The van der Waals surface area contributed by atoms with Crippen LogP contribution >= 0.6 is 0 Å². The van der Waals surface area contributed by atoms with Crippen LogP contribution in [0.4, 0.5) is 5.69 Å². The van der Waals surface area contributed by atoms with E-state index in [1.165, 1.54) is 11.4 Å². The number of para-hydroxylation sites is 1. The van der Waals surface area contributed by atoms with Gasteiger partial charge in [-0.05, 0) is 12.1 Å². The van der Waals surface area contributed by atoms with Gasteiger partial charge >= 0.3 is 10.2 Å². The molecule has 0 bridgehead atoms. The van der Waals surface area contributed by atoms with E-state index >= 15 is 0 Å². The molecule has 1 fully saturated rings. The van der Waals surface area contributed by atoms with E-state index in [-0.39, 0.29) is 11.6 Å². The second-order valence-electron chi connectivity index (χ2n) is 4.38. The third kappa shape index (κ3) is 3.27. The first kappa shape index (κ1) is 14.8. The van der Waals surface area contributed by atoms with E-state index in [0.29, 0.717) is 31.7 Å². The van der Waals surface area contributed by atoms with Crippen LogP contribution in [0.2, 0.25) is 0 Å². The van der Waals surface area contributed by atoms with Gasteiger partial charge in [-0.3, -0.25) is 9.52 Å². The standard InChI is InChI=1S/C12H18N4O3S/c1-13-12(17)10-4-2-3-5-11(10)15-20(18,19)16-8-6-14-7-9-16/h2-5,14-15H,6-9H2,1H3,(H,13,17). The molecule has 2 rings (SSSR count). The summed E-state index contributed by atoms with van der Waals surface area (Å²) in [6.07, 6.45) is 0. The van der Waals surface area contributed by atoms with Crippen LogP contribution in [0.1, 0.15) is 10.4 Å². The molecule has 0 radical (unpaired) electrons. The molecule has 0 atom stereocenters. The average molecular weight is 298 g/mol. The first-order valence-electron chi connectivity index (χ1n) is 6.34. The Morgan fingerprint density at radius 1 is 1.25 bits per heavy atom. The van der Waals surface area contributed by atoms with Gasteiger partial charge in [-0.1, -0.05) is 12.1 Å². The summed E-state index contributed by atoms with van der Waals surface area (Å²) in [6, 6.07) is 6.52. The molecule has 8 heteroatoms. The highest BCUT2D eigenvalue weighted by Gasteiger charge is 2.24. The Labute approximate surface area is 118 Å². The molecule has 0 spiro atoms. The quantitative estimate of drug-likeness (QED) is 0.706. The van der Waals surface area contributed by atoms with E-state index in [4.69, 9.17) is 0 Å². The van der Waals surface area contributed by atoms with Crippen molar-refractivity contribution in [1.82, 2.24) is 14.9 Å². The summed E-state index contributed by atoms with van der Waals surface area (Å²) in [4.78, 5) is 11.7. The Balaban J connectivity index is 2.23. The number of anilines is 1. The fourth-order valence-electron chi connectivity index (χ4n) is 1.99. The van der Waals surface area contributed by atoms with Gasteiger partial charge in [0.05, 0.1) is 11.3 Å². The number of piperazine rings is 1. The lowest BCUT2D eigenvalue weighted by Gasteiger charge is -2.27. The Morgan fingerprint density at radius 3 is 2.55 bits per heavy atom. The molecule has 1 aromatic rings. The van der Waals surface area contributed by atoms with Crippen molar-refractivity contribution in [3.63, 3.8) is 0 Å². The third-order valence-corrected chi connectivity index (χ3v) is 4.58. The van der Waals surface area contributed by atoms with Gasteiger partial charge in [-0.2, -0.15) is 12.7 Å². The normalized spacial score (nSPS) is 16.6. The van der Waals surface area contributed by atoms with Crippen LogP contribution in [0.5, 0.6) is 0 Å². The van der Waals surface area contributed by atoms with E-state index in [0.717, 1.165) is 0 Å². The first-order valence-corrected chi connectivity index (χ1v) is 7.78. The van der Waals surface area contributed by atoms with Crippen LogP contribution in [0, 0.1) is 0 Å².